The molecular weight excluding hydrogens is 559 g/mol. The molecule has 0 aromatic heterocycles. The maximum Gasteiger partial charge on any atom is 0.162 e. The van der Waals surface area contributed by atoms with Crippen molar-refractivity contribution in [2.75, 3.05) is 26.2 Å². The molecule has 2 heterocycles. The Morgan fingerprint density at radius 3 is 2.15 bits per heavy atom. The summed E-state index contributed by atoms with van der Waals surface area (Å²) in [5, 5.41) is 0.866. The van der Waals surface area contributed by atoms with E-state index in [1.165, 1.54) is 40.7 Å². The molecule has 3 nitrogen and oxygen atoms in total. The molecule has 0 spiro atoms. The number of hydrogen-bond donors (Lipinski definition) is 0. The average molecular weight is 602 g/mol. The Balaban J connectivity index is 0.00000220. The molecule has 0 aliphatic carbocycles. The van der Waals surface area contributed by atoms with Crippen LogP contribution < -0.4 is 0 Å². The predicted molar refractivity (Wildman–Crippen MR) is 172 cm³/mol. The molecule has 3 aromatic rings. The van der Waals surface area contributed by atoms with E-state index in [2.05, 4.69) is 71.3 Å². The van der Waals surface area contributed by atoms with Gasteiger partial charge in [-0.25, -0.2) is 0 Å². The highest BCUT2D eigenvalue weighted by atomic mass is 35.5. The van der Waals surface area contributed by atoms with Crippen molar-refractivity contribution in [3.05, 3.63) is 105 Å². The van der Waals surface area contributed by atoms with Crippen LogP contribution in [0.1, 0.15) is 70.3 Å². The molecule has 2 aliphatic rings. The summed E-state index contributed by atoms with van der Waals surface area (Å²) >= 11 is 6.35. The maximum absolute atomic E-state index is 13.1. The fourth-order valence-corrected chi connectivity index (χ4v) is 6.32. The summed E-state index contributed by atoms with van der Waals surface area (Å²) in [6.45, 7) is 8.51. The van der Waals surface area contributed by atoms with Crippen molar-refractivity contribution in [2.24, 2.45) is 5.92 Å². The van der Waals surface area contributed by atoms with Gasteiger partial charge < -0.3 is 0 Å². The third-order valence-corrected chi connectivity index (χ3v) is 9.02. The zero-order valence-corrected chi connectivity index (χ0v) is 26.0. The summed E-state index contributed by atoms with van der Waals surface area (Å²) in [6.07, 6.45) is 7.34. The number of hydrogen-bond acceptors (Lipinski definition) is 3. The van der Waals surface area contributed by atoms with Crippen molar-refractivity contribution >= 4 is 42.2 Å². The molecule has 0 radical (unpaired) electrons. The Morgan fingerprint density at radius 2 is 1.43 bits per heavy atom. The minimum atomic E-state index is 0. The van der Waals surface area contributed by atoms with Crippen LogP contribution in [0.15, 0.2) is 66.7 Å². The monoisotopic (exact) mass is 600 g/mol. The van der Waals surface area contributed by atoms with Crippen LogP contribution in [0.25, 0.3) is 0 Å². The number of Topliss-reactive ketones (excluding diaryl/α,β-unsaturated/α-hetero) is 1. The first-order chi connectivity index (χ1) is 18.5. The maximum atomic E-state index is 13.1. The van der Waals surface area contributed by atoms with Gasteiger partial charge in [0.05, 0.1) is 0 Å². The first-order valence-electron chi connectivity index (χ1n) is 14.4. The van der Waals surface area contributed by atoms with E-state index in [0.717, 1.165) is 81.5 Å². The van der Waals surface area contributed by atoms with Crippen molar-refractivity contribution in [3.8, 4) is 0 Å². The third-order valence-electron chi connectivity index (χ3n) is 8.65. The molecule has 40 heavy (non-hydrogen) atoms. The Labute approximate surface area is 258 Å². The number of benzene rings is 3. The molecule has 3 aromatic carbocycles. The zero-order chi connectivity index (χ0) is 26.3. The van der Waals surface area contributed by atoms with Crippen LogP contribution in [0.3, 0.4) is 0 Å². The largest absolute Gasteiger partial charge is 0.299 e. The first kappa shape index (κ1) is 32.6. The number of carbonyl (C=O) groups is 1. The zero-order valence-electron chi connectivity index (χ0n) is 23.6. The van der Waals surface area contributed by atoms with Gasteiger partial charge in [-0.2, -0.15) is 0 Å². The van der Waals surface area contributed by atoms with E-state index < -0.39 is 0 Å². The van der Waals surface area contributed by atoms with Gasteiger partial charge in [-0.3, -0.25) is 14.6 Å². The summed E-state index contributed by atoms with van der Waals surface area (Å²) in [4.78, 5) is 18.1. The second kappa shape index (κ2) is 15.9. The minimum Gasteiger partial charge on any atom is -0.299 e. The fraction of sp³-hybridized carbons (Fsp3) is 0.441. The lowest BCUT2D eigenvalue weighted by Gasteiger charge is -2.32. The Kier molecular flexibility index (Phi) is 13.0. The number of likely N-dealkylation sites (tertiary alicyclic amines) is 1. The topological polar surface area (TPSA) is 23.6 Å². The lowest BCUT2D eigenvalue weighted by atomic mass is 9.90. The molecule has 0 unspecified atom stereocenters. The normalized spacial score (nSPS) is 16.4. The van der Waals surface area contributed by atoms with E-state index >= 15 is 0 Å². The van der Waals surface area contributed by atoms with Crippen LogP contribution in [0.2, 0.25) is 5.02 Å². The highest BCUT2D eigenvalue weighted by molar-refractivity contribution is 6.31. The van der Waals surface area contributed by atoms with E-state index in [1.807, 2.05) is 12.1 Å². The molecule has 0 atom stereocenters. The van der Waals surface area contributed by atoms with Gasteiger partial charge in [0.25, 0.3) is 0 Å². The van der Waals surface area contributed by atoms with Crippen LogP contribution in [0, 0.1) is 12.8 Å². The lowest BCUT2D eigenvalue weighted by molar-refractivity contribution is 0.0974. The van der Waals surface area contributed by atoms with Crippen molar-refractivity contribution in [3.63, 3.8) is 0 Å². The van der Waals surface area contributed by atoms with Crippen molar-refractivity contribution in [1.29, 1.82) is 0 Å². The van der Waals surface area contributed by atoms with Crippen LogP contribution in [-0.2, 0) is 25.9 Å². The second-order valence-corrected chi connectivity index (χ2v) is 11.7. The molecule has 0 saturated carbocycles. The molecule has 6 heteroatoms. The molecule has 0 bridgehead atoms. The van der Waals surface area contributed by atoms with Gasteiger partial charge in [-0.05, 0) is 104 Å². The predicted octanol–water partition coefficient (Wildman–Crippen LogP) is 8.36. The third kappa shape index (κ3) is 8.81. The highest BCUT2D eigenvalue weighted by Gasteiger charge is 2.21. The van der Waals surface area contributed by atoms with Crippen LogP contribution >= 0.6 is 36.4 Å². The van der Waals surface area contributed by atoms with E-state index in [9.17, 15) is 4.79 Å². The number of rotatable bonds is 9. The summed E-state index contributed by atoms with van der Waals surface area (Å²) in [6, 6.07) is 23.3. The average Bonchev–Trinajstić information content (AvgIpc) is 3.14. The van der Waals surface area contributed by atoms with Crippen LogP contribution in [-0.4, -0.2) is 41.8 Å². The molecule has 0 N–H and O–H groups in total. The molecule has 5 rings (SSSR count). The number of ketones is 1. The molecule has 1 fully saturated rings. The number of nitrogens with zero attached hydrogens (tertiary/aromatic N) is 2. The molecule has 216 valence electrons. The van der Waals surface area contributed by atoms with E-state index in [1.54, 1.807) is 0 Å². The molecular formula is C34H43Cl3N2O. The van der Waals surface area contributed by atoms with E-state index in [0.29, 0.717) is 12.2 Å². The lowest BCUT2D eigenvalue weighted by Crippen LogP contribution is -2.33. The minimum absolute atomic E-state index is 0. The summed E-state index contributed by atoms with van der Waals surface area (Å²) in [7, 11) is 0. The van der Waals surface area contributed by atoms with Gasteiger partial charge in [-0.1, -0.05) is 66.2 Å². The number of aryl methyl sites for hydroxylation is 1. The van der Waals surface area contributed by atoms with Crippen molar-refractivity contribution in [1.82, 2.24) is 9.80 Å². The van der Waals surface area contributed by atoms with E-state index in [-0.39, 0.29) is 24.8 Å². The Hall–Kier alpha value is -1.88. The number of fused-ring (bicyclic) bond motifs is 1. The fourth-order valence-electron chi connectivity index (χ4n) is 6.13. The van der Waals surface area contributed by atoms with Gasteiger partial charge in [0, 0.05) is 43.2 Å². The van der Waals surface area contributed by atoms with Gasteiger partial charge in [0.1, 0.15) is 0 Å². The summed E-state index contributed by atoms with van der Waals surface area (Å²) in [5.74, 6) is 1.04. The molecule has 0 amide bonds. The number of halogens is 3. The van der Waals surface area contributed by atoms with Gasteiger partial charge in [-0.15, -0.1) is 24.8 Å². The number of piperidine rings is 1. The summed E-state index contributed by atoms with van der Waals surface area (Å²) < 4.78 is 0. The van der Waals surface area contributed by atoms with Crippen LogP contribution in [0.5, 0.6) is 0 Å². The van der Waals surface area contributed by atoms with E-state index in [4.69, 9.17) is 11.6 Å². The smallest absolute Gasteiger partial charge is 0.162 e. The van der Waals surface area contributed by atoms with Crippen molar-refractivity contribution in [2.45, 2.75) is 65.0 Å². The molecule has 1 saturated heterocycles. The standard InChI is InChI=1S/C34H41ClN2O.2ClH/c1-26-7-2-3-9-31(26)24-37-21-17-28-13-14-30(23-29(28)18-22-37)34(38)12-6-8-27-15-19-36(20-16-27)25-32-10-4-5-11-33(32)35;;/h2-5,7,9-11,13-14,23,27H,6,8,12,15-22,24-25H2,1H3;2*1H. The Bertz CT molecular complexity index is 1240. The first-order valence-corrected chi connectivity index (χ1v) is 14.8. The van der Waals surface area contributed by atoms with Crippen molar-refractivity contribution < 1.29 is 4.79 Å². The second-order valence-electron chi connectivity index (χ2n) is 11.3. The van der Waals surface area contributed by atoms with Gasteiger partial charge >= 0.3 is 0 Å². The Morgan fingerprint density at radius 1 is 0.800 bits per heavy atom. The quantitative estimate of drug-likeness (QED) is 0.230. The highest BCUT2D eigenvalue weighted by Crippen LogP contribution is 2.26. The molecule has 2 aliphatic heterocycles. The summed E-state index contributed by atoms with van der Waals surface area (Å²) in [5.41, 5.74) is 7.69. The van der Waals surface area contributed by atoms with Crippen LogP contribution in [0.4, 0.5) is 0 Å². The number of carbonyl (C=O) groups excluding carboxylic acids is 1. The SMILES string of the molecule is Cc1ccccc1CN1CCc2ccc(C(=O)CCCC3CCN(Cc4ccccc4Cl)CC3)cc2CC1.Cl.Cl. The van der Waals surface area contributed by atoms with Gasteiger partial charge in [0.2, 0.25) is 0 Å². The van der Waals surface area contributed by atoms with Gasteiger partial charge in [0.15, 0.2) is 5.78 Å².